The van der Waals surface area contributed by atoms with Gasteiger partial charge in [-0.25, -0.2) is 0 Å². The SMILES string of the molecule is CCCCCCCCCCCNC(=O)[S-].NC(=O)[S-].[Zn+2]. The molecule has 0 saturated heterocycles. The third-order valence-electron chi connectivity index (χ3n) is 2.55. The van der Waals surface area contributed by atoms with Gasteiger partial charge in [-0.3, -0.25) is 0 Å². The number of primary amides is 1. The number of hydrogen-bond acceptors (Lipinski definition) is 4. The Morgan fingerprint density at radius 1 is 0.900 bits per heavy atom. The first-order valence-electron chi connectivity index (χ1n) is 6.92. The Morgan fingerprint density at radius 3 is 1.60 bits per heavy atom. The number of hydrogen-bond donors (Lipinski definition) is 2. The van der Waals surface area contributed by atoms with Crippen molar-refractivity contribution < 1.29 is 29.1 Å². The minimum Gasteiger partial charge on any atom is -0.719 e. The maximum atomic E-state index is 10.4. The van der Waals surface area contributed by atoms with E-state index < -0.39 is 5.24 Å². The second-order valence-electron chi connectivity index (χ2n) is 4.36. The van der Waals surface area contributed by atoms with Crippen molar-refractivity contribution in [2.45, 2.75) is 64.7 Å². The largest absolute Gasteiger partial charge is 2.00 e. The van der Waals surface area contributed by atoms with Gasteiger partial charge in [-0.15, -0.1) is 0 Å². The molecule has 114 valence electrons. The number of carbonyl (C=O) groups excluding carboxylic acids is 2. The van der Waals surface area contributed by atoms with Crippen LogP contribution in [0, 0.1) is 0 Å². The van der Waals surface area contributed by atoms with Crippen LogP contribution in [0.1, 0.15) is 64.7 Å². The summed E-state index contributed by atoms with van der Waals surface area (Å²) in [5.74, 6) is 0. The molecule has 2 amide bonds. The number of carbonyl (C=O) groups is 2. The van der Waals surface area contributed by atoms with Crippen LogP contribution < -0.4 is 11.1 Å². The molecule has 0 aliphatic carbocycles. The molecule has 0 aliphatic rings. The molecule has 0 saturated carbocycles. The zero-order valence-corrected chi connectivity index (χ0v) is 17.1. The molecule has 0 unspecified atom stereocenters. The van der Waals surface area contributed by atoms with Crippen LogP contribution >= 0.6 is 0 Å². The fraction of sp³-hybridized carbons (Fsp3) is 0.846. The molecule has 0 radical (unpaired) electrons. The molecule has 0 rings (SSSR count). The van der Waals surface area contributed by atoms with Crippen LogP contribution in [0.25, 0.3) is 0 Å². The van der Waals surface area contributed by atoms with E-state index in [0.717, 1.165) is 13.0 Å². The predicted octanol–water partition coefficient (Wildman–Crippen LogP) is 3.38. The molecule has 4 nitrogen and oxygen atoms in total. The van der Waals surface area contributed by atoms with Gasteiger partial charge in [0.2, 0.25) is 0 Å². The molecule has 0 heterocycles. The fourth-order valence-corrected chi connectivity index (χ4v) is 1.73. The number of nitrogens with two attached hydrogens (primary N) is 1. The summed E-state index contributed by atoms with van der Waals surface area (Å²) in [7, 11) is 0. The van der Waals surface area contributed by atoms with E-state index in [4.69, 9.17) is 4.79 Å². The van der Waals surface area contributed by atoms with Crippen LogP contribution in [-0.2, 0) is 44.7 Å². The Hall–Kier alpha value is 0.00338. The van der Waals surface area contributed by atoms with Crippen LogP contribution in [0.15, 0.2) is 0 Å². The fourth-order valence-electron chi connectivity index (χ4n) is 1.63. The van der Waals surface area contributed by atoms with E-state index >= 15 is 0 Å². The van der Waals surface area contributed by atoms with E-state index in [1.54, 1.807) is 0 Å². The molecule has 0 atom stereocenters. The van der Waals surface area contributed by atoms with Crippen molar-refractivity contribution in [3.63, 3.8) is 0 Å². The van der Waals surface area contributed by atoms with Gasteiger partial charge in [0, 0.05) is 6.54 Å². The summed E-state index contributed by atoms with van der Waals surface area (Å²) in [4.78, 5) is 19.4. The van der Waals surface area contributed by atoms with E-state index in [0.29, 0.717) is 0 Å². The van der Waals surface area contributed by atoms with Gasteiger partial charge in [-0.1, -0.05) is 58.3 Å². The van der Waals surface area contributed by atoms with E-state index in [9.17, 15) is 4.79 Å². The van der Waals surface area contributed by atoms with Gasteiger partial charge >= 0.3 is 19.5 Å². The van der Waals surface area contributed by atoms with Crippen molar-refractivity contribution in [2.24, 2.45) is 5.73 Å². The summed E-state index contributed by atoms with van der Waals surface area (Å²) < 4.78 is 0. The Bertz CT molecular complexity index is 228. The van der Waals surface area contributed by atoms with Crippen LogP contribution in [0.4, 0.5) is 9.59 Å². The zero-order valence-electron chi connectivity index (χ0n) is 12.5. The van der Waals surface area contributed by atoms with Crippen LogP contribution in [0.5, 0.6) is 0 Å². The first-order valence-corrected chi connectivity index (χ1v) is 7.73. The van der Waals surface area contributed by atoms with Crippen molar-refractivity contribution in [1.82, 2.24) is 5.32 Å². The second kappa shape index (κ2) is 21.3. The van der Waals surface area contributed by atoms with Gasteiger partial charge in [0.15, 0.2) is 0 Å². The zero-order chi connectivity index (χ0) is 14.9. The summed E-state index contributed by atoms with van der Waals surface area (Å²) in [5, 5.41) is 1.57. The van der Waals surface area contributed by atoms with Crippen molar-refractivity contribution in [3.8, 4) is 0 Å². The van der Waals surface area contributed by atoms with E-state index in [-0.39, 0.29) is 24.7 Å². The van der Waals surface area contributed by atoms with Crippen LogP contribution in [0.2, 0.25) is 0 Å². The van der Waals surface area contributed by atoms with Crippen molar-refractivity contribution >= 4 is 35.7 Å². The maximum absolute atomic E-state index is 10.4. The molecule has 0 bridgehead atoms. The van der Waals surface area contributed by atoms with Crippen LogP contribution in [-0.4, -0.2) is 17.0 Å². The average molecular weight is 372 g/mol. The molecule has 0 aromatic rings. The number of rotatable bonds is 10. The molecule has 0 aromatic carbocycles. The van der Waals surface area contributed by atoms with Gasteiger partial charge in [0.05, 0.1) is 10.5 Å². The predicted molar refractivity (Wildman–Crippen MR) is 84.9 cm³/mol. The Kier molecular flexibility index (Phi) is 26.6. The summed E-state index contributed by atoms with van der Waals surface area (Å²) in [6, 6.07) is 0. The van der Waals surface area contributed by atoms with Crippen LogP contribution in [0.3, 0.4) is 0 Å². The minimum absolute atomic E-state index is 0. The standard InChI is InChI=1S/C12H25NOS.CH3NOS.Zn/c1-2-3-4-5-6-7-8-9-10-11-13-12(14)15;2-1(3)4;/h2-11H2,1H3,(H2,13,14,15);(H3,2,3,4);/q;;+2/p-2. The minimum atomic E-state index is -0.750. The number of amides is 2. The molecule has 20 heavy (non-hydrogen) atoms. The van der Waals surface area contributed by atoms with E-state index in [2.05, 4.69) is 43.2 Å². The monoisotopic (exact) mass is 370 g/mol. The third-order valence-corrected chi connectivity index (χ3v) is 2.69. The molecule has 3 N–H and O–H groups in total. The summed E-state index contributed by atoms with van der Waals surface area (Å²) >= 11 is 8.15. The molecule has 0 aliphatic heterocycles. The number of unbranched alkanes of at least 4 members (excludes halogenated alkanes) is 8. The molecule has 0 spiro atoms. The Labute approximate surface area is 147 Å². The smallest absolute Gasteiger partial charge is 0.719 e. The van der Waals surface area contributed by atoms with Gasteiger partial charge < -0.3 is 45.9 Å². The molecule has 7 heteroatoms. The van der Waals surface area contributed by atoms with Gasteiger partial charge in [-0.05, 0) is 6.42 Å². The van der Waals surface area contributed by atoms with E-state index in [1.807, 2.05) is 0 Å². The second-order valence-corrected chi connectivity index (χ2v) is 5.13. The third kappa shape index (κ3) is 36.1. The van der Waals surface area contributed by atoms with Gasteiger partial charge in [0.1, 0.15) is 0 Å². The quantitative estimate of drug-likeness (QED) is 0.351. The average Bonchev–Trinajstić information content (AvgIpc) is 2.30. The Balaban J connectivity index is -0.000000508. The molecule has 0 aromatic heterocycles. The van der Waals surface area contributed by atoms with E-state index in [1.165, 1.54) is 51.4 Å². The topological polar surface area (TPSA) is 72.2 Å². The van der Waals surface area contributed by atoms with Crippen molar-refractivity contribution in [2.75, 3.05) is 6.54 Å². The van der Waals surface area contributed by atoms with Crippen molar-refractivity contribution in [3.05, 3.63) is 0 Å². The first kappa shape index (κ1) is 25.0. The van der Waals surface area contributed by atoms with Gasteiger partial charge in [-0.2, -0.15) is 0 Å². The summed E-state index contributed by atoms with van der Waals surface area (Å²) in [6.07, 6.45) is 11.8. The summed E-state index contributed by atoms with van der Waals surface area (Å²) in [6.45, 7) is 2.99. The number of nitrogens with one attached hydrogen (secondary N) is 1. The first-order chi connectivity index (χ1) is 9.00. The van der Waals surface area contributed by atoms with Crippen molar-refractivity contribution in [1.29, 1.82) is 0 Å². The molecule has 0 fully saturated rings. The normalized spacial score (nSPS) is 8.85. The maximum Gasteiger partial charge on any atom is 2.00 e. The summed E-state index contributed by atoms with van der Waals surface area (Å²) in [5.41, 5.74) is 4.29. The molecular formula is C13H26N2O2S2Zn. The molecular weight excluding hydrogens is 346 g/mol. The van der Waals surface area contributed by atoms with Gasteiger partial charge in [0.25, 0.3) is 0 Å². The Morgan fingerprint density at radius 2 is 1.25 bits per heavy atom.